The lowest BCUT2D eigenvalue weighted by atomic mass is 9.93. The Morgan fingerprint density at radius 1 is 1.18 bits per heavy atom. The molecular formula is C39H38F6IN7O2. The van der Waals surface area contributed by atoms with Crippen molar-refractivity contribution in [3.8, 4) is 23.0 Å². The topological polar surface area (TPSA) is 131 Å². The van der Waals surface area contributed by atoms with Crippen molar-refractivity contribution in [3.05, 3.63) is 88.4 Å². The van der Waals surface area contributed by atoms with Gasteiger partial charge in [-0.3, -0.25) is 19.5 Å². The van der Waals surface area contributed by atoms with Crippen LogP contribution in [0.2, 0.25) is 0 Å². The van der Waals surface area contributed by atoms with E-state index in [1.807, 2.05) is 13.0 Å². The monoisotopic (exact) mass is 877 g/mol. The largest absolute Gasteiger partial charge is 0.396 e. The SMILES string of the molecule is C=Nc1nn(CC)c2c(-c3ccc(CC#CC(C)(C)O)nc3[C@H](Cc3cc(F)cc(F)c3)NC(=O)CN=C3C(=C(N)C(F)(F)I)[C@@H](C)CC3(F)F)cccc12. The predicted molar refractivity (Wildman–Crippen MR) is 208 cm³/mol. The van der Waals surface area contributed by atoms with E-state index in [0.29, 0.717) is 46.2 Å². The van der Waals surface area contributed by atoms with Crippen molar-refractivity contribution in [2.45, 2.75) is 75.0 Å². The lowest BCUT2D eigenvalue weighted by Crippen LogP contribution is -2.34. The van der Waals surface area contributed by atoms with Crippen LogP contribution < -0.4 is 11.1 Å². The first-order chi connectivity index (χ1) is 25.7. The van der Waals surface area contributed by atoms with E-state index in [9.17, 15) is 27.5 Å². The van der Waals surface area contributed by atoms with Gasteiger partial charge in [0.15, 0.2) is 5.82 Å². The number of aliphatic hydroxyl groups is 1. The molecule has 2 aromatic carbocycles. The van der Waals surface area contributed by atoms with E-state index in [2.05, 4.69) is 39.0 Å². The summed E-state index contributed by atoms with van der Waals surface area (Å²) in [6.07, 6.45) is -0.999. The number of aryl methyl sites for hydroxylation is 1. The molecule has 290 valence electrons. The third-order valence-electron chi connectivity index (χ3n) is 8.80. The van der Waals surface area contributed by atoms with Crippen LogP contribution in [0.1, 0.15) is 57.1 Å². The number of alkyl halides is 5. The number of aliphatic imine (C=N–C) groups is 2. The van der Waals surface area contributed by atoms with Crippen LogP contribution in [0.3, 0.4) is 0 Å². The van der Waals surface area contributed by atoms with Crippen molar-refractivity contribution < 1.29 is 36.2 Å². The Bertz CT molecular complexity index is 2240. The van der Waals surface area contributed by atoms with Gasteiger partial charge in [-0.25, -0.2) is 13.8 Å². The molecule has 5 rings (SSSR count). The summed E-state index contributed by atoms with van der Waals surface area (Å²) in [4.78, 5) is 26.5. The van der Waals surface area contributed by atoms with E-state index in [-0.39, 0.29) is 24.1 Å². The van der Waals surface area contributed by atoms with Gasteiger partial charge >= 0.3 is 3.93 Å². The molecule has 0 unspecified atom stereocenters. The van der Waals surface area contributed by atoms with Gasteiger partial charge in [-0.2, -0.15) is 22.7 Å². The Morgan fingerprint density at radius 2 is 1.87 bits per heavy atom. The molecule has 1 aliphatic rings. The van der Waals surface area contributed by atoms with Gasteiger partial charge in [-0.1, -0.05) is 37.0 Å². The Balaban J connectivity index is 1.67. The molecule has 2 atom stereocenters. The summed E-state index contributed by atoms with van der Waals surface area (Å²) in [5.74, 6) is -1.42. The number of allylic oxidation sites excluding steroid dienone is 2. The van der Waals surface area contributed by atoms with Gasteiger partial charge in [-0.05, 0) is 69.7 Å². The highest BCUT2D eigenvalue weighted by Crippen LogP contribution is 2.45. The third-order valence-corrected chi connectivity index (χ3v) is 9.38. The fourth-order valence-electron chi connectivity index (χ4n) is 6.57. The van der Waals surface area contributed by atoms with Crippen LogP contribution in [0, 0.1) is 29.4 Å². The fourth-order valence-corrected chi connectivity index (χ4v) is 6.87. The van der Waals surface area contributed by atoms with E-state index in [0.717, 1.165) is 34.7 Å². The average Bonchev–Trinajstić information content (AvgIpc) is 3.57. The molecule has 1 aliphatic carbocycles. The number of nitrogens with zero attached hydrogens (tertiary/aromatic N) is 5. The number of carbonyl (C=O) groups excluding carboxylic acids is 1. The molecule has 2 heterocycles. The molecule has 1 fully saturated rings. The van der Waals surface area contributed by atoms with Crippen LogP contribution in [-0.4, -0.2) is 60.2 Å². The van der Waals surface area contributed by atoms with E-state index in [1.54, 1.807) is 28.9 Å². The Hall–Kier alpha value is -4.76. The second-order valence-electron chi connectivity index (χ2n) is 13.7. The summed E-state index contributed by atoms with van der Waals surface area (Å²) in [7, 11) is 0. The van der Waals surface area contributed by atoms with Gasteiger partial charge < -0.3 is 16.2 Å². The summed E-state index contributed by atoms with van der Waals surface area (Å²) in [6, 6.07) is 10.5. The molecule has 0 aliphatic heterocycles. The van der Waals surface area contributed by atoms with Crippen molar-refractivity contribution in [2.75, 3.05) is 6.54 Å². The zero-order valence-corrected chi connectivity index (χ0v) is 32.5. The standard InChI is InChI=1S/C39H38F6IN7O2/c1-6-53-33-27(10-7-11-28(33)36(48-5)52-53)26-13-12-25(9-8-14-37(3,4)55)50-32(26)29(17-22-15-23(40)18-24(41)16-22)51-30(54)20-49-35-31(34(47)39(44,45)46)21(2)19-38(35,42)43/h7,10-13,15-16,18,21,29,55H,5-6,9,17,19-20,47H2,1-4H3,(H,51,54)/t21-,29-/m0/s1. The molecule has 16 heteroatoms. The maximum absolute atomic E-state index is 15.2. The molecule has 55 heavy (non-hydrogen) atoms. The zero-order valence-electron chi connectivity index (χ0n) is 30.3. The Morgan fingerprint density at radius 3 is 2.49 bits per heavy atom. The number of benzene rings is 2. The fraction of sp³-hybridized carbons (Fsp3) is 0.359. The molecule has 0 radical (unpaired) electrons. The number of amides is 1. The van der Waals surface area contributed by atoms with Crippen molar-refractivity contribution in [1.29, 1.82) is 0 Å². The Labute approximate surface area is 327 Å². The van der Waals surface area contributed by atoms with E-state index >= 15 is 8.78 Å². The number of para-hydroxylation sites is 1. The van der Waals surface area contributed by atoms with Crippen LogP contribution in [-0.2, 0) is 24.2 Å². The lowest BCUT2D eigenvalue weighted by molar-refractivity contribution is -0.120. The molecule has 0 bridgehead atoms. The molecule has 0 saturated heterocycles. The number of halogens is 7. The Kier molecular flexibility index (Phi) is 12.2. The number of aromatic nitrogens is 3. The molecule has 0 spiro atoms. The number of hydrogen-bond donors (Lipinski definition) is 3. The van der Waals surface area contributed by atoms with Gasteiger partial charge in [0.2, 0.25) is 5.91 Å². The number of pyridine rings is 1. The summed E-state index contributed by atoms with van der Waals surface area (Å²) >= 11 is 0.748. The number of rotatable bonds is 11. The van der Waals surface area contributed by atoms with Crippen molar-refractivity contribution >= 4 is 57.6 Å². The zero-order chi connectivity index (χ0) is 40.5. The third kappa shape index (κ3) is 9.55. The van der Waals surface area contributed by atoms with E-state index in [4.69, 9.17) is 10.7 Å². The smallest absolute Gasteiger partial charge is 0.335 e. The highest BCUT2D eigenvalue weighted by Gasteiger charge is 2.51. The minimum atomic E-state index is -3.65. The first-order valence-electron chi connectivity index (χ1n) is 17.2. The molecule has 1 saturated carbocycles. The molecule has 1 amide bonds. The van der Waals surface area contributed by atoms with Crippen LogP contribution in [0.4, 0.5) is 32.2 Å². The van der Waals surface area contributed by atoms with E-state index < -0.39 is 74.9 Å². The lowest BCUT2D eigenvalue weighted by Gasteiger charge is -2.23. The molecule has 4 aromatic rings. The summed E-state index contributed by atoms with van der Waals surface area (Å²) < 4.78 is 85.8. The van der Waals surface area contributed by atoms with Crippen LogP contribution in [0.15, 0.2) is 69.8 Å². The normalized spacial score (nSPS) is 17.9. The van der Waals surface area contributed by atoms with Crippen molar-refractivity contribution in [3.63, 3.8) is 0 Å². The molecule has 4 N–H and O–H groups in total. The highest BCUT2D eigenvalue weighted by molar-refractivity contribution is 14.1. The maximum atomic E-state index is 15.2. The molecule has 9 nitrogen and oxygen atoms in total. The van der Waals surface area contributed by atoms with Crippen LogP contribution in [0.5, 0.6) is 0 Å². The average molecular weight is 878 g/mol. The van der Waals surface area contributed by atoms with Gasteiger partial charge in [-0.15, -0.1) is 0 Å². The van der Waals surface area contributed by atoms with Crippen LogP contribution in [0.25, 0.3) is 22.0 Å². The molecular weight excluding hydrogens is 839 g/mol. The number of nitrogens with one attached hydrogen (secondary N) is 1. The number of fused-ring (bicyclic) bond motifs is 1. The first-order valence-corrected chi connectivity index (χ1v) is 18.2. The number of hydrogen-bond acceptors (Lipinski definition) is 7. The number of nitrogens with two attached hydrogens (primary N) is 1. The van der Waals surface area contributed by atoms with Crippen molar-refractivity contribution in [1.82, 2.24) is 20.1 Å². The predicted octanol–water partition coefficient (Wildman–Crippen LogP) is 7.80. The van der Waals surface area contributed by atoms with Gasteiger partial charge in [0.25, 0.3) is 5.92 Å². The quantitative estimate of drug-likeness (QED) is 0.0466. The maximum Gasteiger partial charge on any atom is 0.335 e. The first kappa shape index (κ1) is 41.4. The molecule has 2 aromatic heterocycles. The minimum absolute atomic E-state index is 0.0626. The van der Waals surface area contributed by atoms with Gasteiger partial charge in [0, 0.05) is 63.7 Å². The second kappa shape index (κ2) is 16.1. The highest BCUT2D eigenvalue weighted by atomic mass is 127. The summed E-state index contributed by atoms with van der Waals surface area (Å²) in [5.41, 5.74) is 4.22. The van der Waals surface area contributed by atoms with Gasteiger partial charge in [0.1, 0.15) is 29.5 Å². The van der Waals surface area contributed by atoms with Crippen LogP contribution >= 0.6 is 22.6 Å². The van der Waals surface area contributed by atoms with Crippen molar-refractivity contribution in [2.24, 2.45) is 21.6 Å². The number of carbonyl (C=O) groups is 1. The summed E-state index contributed by atoms with van der Waals surface area (Å²) in [5, 5.41) is 18.1. The van der Waals surface area contributed by atoms with E-state index in [1.165, 1.54) is 20.8 Å². The second-order valence-corrected chi connectivity index (χ2v) is 15.0. The van der Waals surface area contributed by atoms with Gasteiger partial charge in [0.05, 0.1) is 35.1 Å². The summed E-state index contributed by atoms with van der Waals surface area (Å²) in [6.45, 7) is 9.38. The minimum Gasteiger partial charge on any atom is -0.396 e.